The number of fused-ring (bicyclic) bond motifs is 5. The number of aliphatic hydroxyl groups excluding tert-OH is 1. The Morgan fingerprint density at radius 1 is 0.720 bits per heavy atom. The first kappa shape index (κ1) is 75.5. The molecule has 4 aromatic carbocycles. The smallest absolute Gasteiger partial charge is 0.305 e. The van der Waals surface area contributed by atoms with E-state index in [1.165, 1.54) is 68.2 Å². The lowest BCUT2D eigenvalue weighted by Gasteiger charge is -2.40. The number of amides is 7. The van der Waals surface area contributed by atoms with Crippen molar-refractivity contribution < 1.29 is 62.1 Å². The van der Waals surface area contributed by atoms with E-state index in [1.807, 2.05) is 61.2 Å². The van der Waals surface area contributed by atoms with Gasteiger partial charge in [0.15, 0.2) is 0 Å². The van der Waals surface area contributed by atoms with Crippen LogP contribution in [0.3, 0.4) is 0 Å². The van der Waals surface area contributed by atoms with Gasteiger partial charge in [-0.15, -0.1) is 0 Å². The summed E-state index contributed by atoms with van der Waals surface area (Å²) in [4.78, 5) is 129. The van der Waals surface area contributed by atoms with Gasteiger partial charge in [0.2, 0.25) is 41.4 Å². The zero-order valence-corrected chi connectivity index (χ0v) is 57.9. The molecule has 536 valence electrons. The molecule has 0 radical (unpaired) electrons. The number of ether oxygens (including phenoxy) is 1. The van der Waals surface area contributed by atoms with E-state index < -0.39 is 114 Å². The number of carbonyl (C=O) groups is 8. The van der Waals surface area contributed by atoms with Crippen molar-refractivity contribution in [1.82, 2.24) is 67.4 Å². The molecule has 7 amide bonds. The normalized spacial score (nSPS) is 24.1. The van der Waals surface area contributed by atoms with Crippen LogP contribution in [0.4, 0.5) is 8.78 Å². The van der Waals surface area contributed by atoms with Crippen molar-refractivity contribution in [3.63, 3.8) is 0 Å². The quantitative estimate of drug-likeness (QED) is 0.0664. The molecule has 15 N–H and O–H groups in total. The molecule has 2 aliphatic heterocycles. The topological polar surface area (TPSA) is 372 Å². The van der Waals surface area contributed by atoms with Gasteiger partial charge in [0.1, 0.15) is 48.1 Å². The number of aliphatic carboxylic acids is 1. The molecule has 9 rings (SSSR count). The number of carbonyl (C=O) groups excluding carboxylic acids is 7. The molecular weight excluding hydrogens is 1330 g/mol. The number of nitrogens with two attached hydrogens (primary N) is 1. The Morgan fingerprint density at radius 3 is 1.97 bits per heavy atom. The molecule has 3 aromatic heterocycles. The standard InChI is InChI=1S/C71H90F2N14O11S2/c1-42-11-13-44(14-12-42)27-61-69(96)87-23-7-20-71(87,3)70(97)76-22-25-100-39-46-9-6-8-45(26-46)38-99-24-19-62(88)83-57(10-4-5-21-74)65(92)81-43(2)64(91)84-58(28-47-34-77-55-17-15-49(72)30-53(47)55)67(94)85-59(29-48-35-78-56-18-16-50(73)31-54(48)56)68(95)86-60(33-63(89)90)66(93)82-52(37-98-41-80-61)32-51-36-75-40-79-51/h6,8-9,11-18,26,30-31,34-36,40,43,52,57-61,69,77-78,80,96H,4-5,7,10,19-25,27-29,32-33,37-39,41,74H2,1-3H3,(H,75,79)(H,76,97)(H,81,92)(H,82,93)(H,83,88)(H,84,91)(H,85,94)(H,86,95)(H,89,90)/t43-,52+,57+,58+,59+,60+,61+,69?,71+/m1/s1. The van der Waals surface area contributed by atoms with Gasteiger partial charge in [-0.25, -0.2) is 13.8 Å². The van der Waals surface area contributed by atoms with Gasteiger partial charge in [-0.1, -0.05) is 54.1 Å². The van der Waals surface area contributed by atoms with Crippen LogP contribution in [0.25, 0.3) is 21.8 Å². The summed E-state index contributed by atoms with van der Waals surface area (Å²) in [6.07, 6.45) is 5.94. The van der Waals surface area contributed by atoms with Crippen LogP contribution in [-0.2, 0) is 80.3 Å². The molecule has 2 aliphatic rings. The zero-order chi connectivity index (χ0) is 71.3. The average molecular weight is 1420 g/mol. The number of aryl methyl sites for hydroxylation is 1. The van der Waals surface area contributed by atoms with Gasteiger partial charge in [0.05, 0.1) is 43.7 Å². The van der Waals surface area contributed by atoms with E-state index in [-0.39, 0.29) is 51.3 Å². The highest BCUT2D eigenvalue weighted by molar-refractivity contribution is 7.98. The number of imidazole rings is 1. The van der Waals surface area contributed by atoms with E-state index >= 15 is 9.59 Å². The second kappa shape index (κ2) is 36.6. The number of halogens is 2. The number of aliphatic hydroxyl groups is 1. The summed E-state index contributed by atoms with van der Waals surface area (Å²) in [7, 11) is 0. The SMILES string of the molecule is Cc1ccc(C[C@@H]2NCOC[C@H](Cc3cnc[nH]3)NC(=O)[C@H](CC(=O)O)NC(=O)[C@H](Cc3c[nH]c4ccc(F)cc34)NC(=O)[C@H](Cc3c[nH]c4ccc(F)cc34)NC(=O)[C@@H](C)NC(=O)[C@H](CCCCN)NC(=O)CCSCc3cccc(c3)CSCCNC(=O)[C@]3(C)CCCN3C2O)cc1. The molecule has 2 bridgehead atoms. The lowest BCUT2D eigenvalue weighted by molar-refractivity contribution is -0.141. The first-order chi connectivity index (χ1) is 48.1. The van der Waals surface area contributed by atoms with Crippen molar-refractivity contribution >= 4 is 92.6 Å². The van der Waals surface area contributed by atoms with Crippen LogP contribution < -0.4 is 48.3 Å². The fraction of sp³-hybridized carbons (Fsp3) is 0.451. The summed E-state index contributed by atoms with van der Waals surface area (Å²) in [6.45, 7) is 5.95. The predicted molar refractivity (Wildman–Crippen MR) is 378 cm³/mol. The van der Waals surface area contributed by atoms with Crippen LogP contribution in [0.1, 0.15) is 97.9 Å². The molecule has 7 aromatic rings. The highest BCUT2D eigenvalue weighted by atomic mass is 32.2. The van der Waals surface area contributed by atoms with Crippen molar-refractivity contribution in [3.8, 4) is 0 Å². The Kier molecular flexibility index (Phi) is 27.6. The van der Waals surface area contributed by atoms with Crippen molar-refractivity contribution in [3.05, 3.63) is 161 Å². The van der Waals surface area contributed by atoms with Crippen LogP contribution in [-0.4, -0.2) is 181 Å². The first-order valence-electron chi connectivity index (χ1n) is 33.7. The number of hydrogen-bond donors (Lipinski definition) is 14. The molecule has 29 heteroatoms. The van der Waals surface area contributed by atoms with Gasteiger partial charge >= 0.3 is 5.97 Å². The third kappa shape index (κ3) is 21.4. The first-order valence-corrected chi connectivity index (χ1v) is 36.0. The number of nitrogens with zero attached hydrogens (tertiary/aromatic N) is 2. The Hall–Kier alpha value is -8.71. The van der Waals surface area contributed by atoms with E-state index in [1.54, 1.807) is 23.5 Å². The Bertz CT molecular complexity index is 3940. The number of carboxylic acids is 1. The van der Waals surface area contributed by atoms with Crippen molar-refractivity contribution in [2.24, 2.45) is 5.73 Å². The van der Waals surface area contributed by atoms with Crippen LogP contribution in [0.15, 0.2) is 110 Å². The largest absolute Gasteiger partial charge is 0.481 e. The molecular formula is C71H90F2N14O11S2. The minimum absolute atomic E-state index is 0.0707. The summed E-state index contributed by atoms with van der Waals surface area (Å²) >= 11 is 3.21. The summed E-state index contributed by atoms with van der Waals surface area (Å²) in [5.41, 5.74) is 11.0. The molecule has 1 saturated heterocycles. The Balaban J connectivity index is 1.01. The summed E-state index contributed by atoms with van der Waals surface area (Å²) in [5.74, 6) is -5.53. The number of hydrogen-bond acceptors (Lipinski definition) is 16. The van der Waals surface area contributed by atoms with Gasteiger partial charge < -0.3 is 72.9 Å². The third-order valence-electron chi connectivity index (χ3n) is 18.0. The molecule has 0 spiro atoms. The number of aromatic nitrogens is 4. The summed E-state index contributed by atoms with van der Waals surface area (Å²) < 4.78 is 36.1. The molecule has 5 heterocycles. The van der Waals surface area contributed by atoms with Crippen molar-refractivity contribution in [1.29, 1.82) is 0 Å². The highest BCUT2D eigenvalue weighted by Gasteiger charge is 2.47. The Labute approximate surface area is 587 Å². The number of benzene rings is 4. The van der Waals surface area contributed by atoms with E-state index in [0.717, 1.165) is 22.3 Å². The summed E-state index contributed by atoms with van der Waals surface area (Å²) in [6, 6.07) is 14.8. The minimum Gasteiger partial charge on any atom is -0.481 e. The van der Waals surface area contributed by atoms with Crippen molar-refractivity contribution in [2.45, 2.75) is 157 Å². The number of carboxylic acid groups (broad SMARTS) is 1. The Morgan fingerprint density at radius 2 is 1.34 bits per heavy atom. The third-order valence-corrected chi connectivity index (χ3v) is 20.1. The van der Waals surface area contributed by atoms with Crippen molar-refractivity contribution in [2.75, 3.05) is 44.5 Å². The van der Waals surface area contributed by atoms with Gasteiger partial charge in [0.25, 0.3) is 0 Å². The average Bonchev–Trinajstić information content (AvgIpc) is 1.61. The number of H-pyrrole nitrogens is 3. The number of rotatable bonds is 14. The maximum atomic E-state index is 15.1. The molecule has 1 fully saturated rings. The molecule has 0 aliphatic carbocycles. The van der Waals surface area contributed by atoms with Crippen LogP contribution >= 0.6 is 23.5 Å². The molecule has 9 atom stereocenters. The van der Waals surface area contributed by atoms with Gasteiger partial charge in [-0.05, 0) is 130 Å². The number of thioether (sulfide) groups is 2. The highest BCUT2D eigenvalue weighted by Crippen LogP contribution is 2.33. The van der Waals surface area contributed by atoms with E-state index in [9.17, 15) is 47.8 Å². The molecule has 1 unspecified atom stereocenters. The monoisotopic (exact) mass is 1420 g/mol. The second-order valence-corrected chi connectivity index (χ2v) is 28.0. The zero-order valence-electron chi connectivity index (χ0n) is 56.3. The van der Waals surface area contributed by atoms with Crippen LogP contribution in [0.5, 0.6) is 0 Å². The predicted octanol–water partition coefficient (Wildman–Crippen LogP) is 4.55. The number of nitrogens with one attached hydrogen (secondary N) is 11. The molecule has 100 heavy (non-hydrogen) atoms. The van der Waals surface area contributed by atoms with Gasteiger partial charge in [-0.3, -0.25) is 48.6 Å². The fourth-order valence-corrected chi connectivity index (χ4v) is 14.2. The molecule has 25 nitrogen and oxygen atoms in total. The minimum atomic E-state index is -1.81. The lowest BCUT2D eigenvalue weighted by atomic mass is 9.95. The van der Waals surface area contributed by atoms with Gasteiger partial charge in [-0.2, -0.15) is 23.5 Å². The maximum Gasteiger partial charge on any atom is 0.305 e. The maximum absolute atomic E-state index is 15.1. The number of aromatic amines is 3. The summed E-state index contributed by atoms with van der Waals surface area (Å²) in [5, 5.41) is 46.2. The second-order valence-electron chi connectivity index (χ2n) is 25.7. The van der Waals surface area contributed by atoms with E-state index in [4.69, 9.17) is 10.5 Å². The lowest BCUT2D eigenvalue weighted by Crippen LogP contribution is -2.62. The molecule has 0 saturated carbocycles. The van der Waals surface area contributed by atoms with E-state index in [2.05, 4.69) is 68.5 Å². The van der Waals surface area contributed by atoms with Crippen LogP contribution in [0.2, 0.25) is 0 Å². The fourth-order valence-electron chi connectivity index (χ4n) is 12.5. The number of unbranched alkanes of at least 4 members (excludes halogenated alkanes) is 1. The van der Waals surface area contributed by atoms with Gasteiger partial charge in [0, 0.05) is 108 Å². The van der Waals surface area contributed by atoms with E-state index in [0.29, 0.717) is 113 Å². The van der Waals surface area contributed by atoms with Crippen LogP contribution in [0, 0.1) is 18.6 Å².